The Morgan fingerprint density at radius 3 is 2.60 bits per heavy atom. The summed E-state index contributed by atoms with van der Waals surface area (Å²) >= 11 is 1.85. The van der Waals surface area contributed by atoms with Gasteiger partial charge < -0.3 is 10.6 Å². The maximum Gasteiger partial charge on any atom is 0.191 e. The van der Waals surface area contributed by atoms with Crippen LogP contribution in [0.5, 0.6) is 0 Å². The molecule has 2 heterocycles. The minimum absolute atomic E-state index is 0.433. The van der Waals surface area contributed by atoms with Crippen LogP contribution in [-0.2, 0) is 6.54 Å². The van der Waals surface area contributed by atoms with Gasteiger partial charge in [-0.05, 0) is 49.9 Å². The van der Waals surface area contributed by atoms with Crippen molar-refractivity contribution in [3.8, 4) is 0 Å². The third-order valence-electron chi connectivity index (χ3n) is 4.52. The standard InChI is InChI=1S/C20H28N4S/c1-2-21-20(22-15-17-9-4-3-5-10-17)23-16-18(19-11-8-14-25-19)24-12-6-7-13-24/h3-5,8-11,14,18H,2,6-7,12-13,15-16H2,1H3,(H2,21,22,23). The number of aliphatic imine (C=N–C) groups is 1. The molecule has 0 bridgehead atoms. The van der Waals surface area contributed by atoms with Crippen LogP contribution in [0.2, 0.25) is 0 Å². The summed E-state index contributed by atoms with van der Waals surface area (Å²) < 4.78 is 0. The van der Waals surface area contributed by atoms with Crippen molar-refractivity contribution in [3.63, 3.8) is 0 Å². The molecule has 0 amide bonds. The van der Waals surface area contributed by atoms with E-state index >= 15 is 0 Å². The third kappa shape index (κ3) is 5.31. The Bertz CT molecular complexity index is 633. The van der Waals surface area contributed by atoms with Gasteiger partial charge in [-0.1, -0.05) is 36.4 Å². The number of rotatable bonds is 7. The third-order valence-corrected chi connectivity index (χ3v) is 5.50. The first kappa shape index (κ1) is 18.0. The van der Waals surface area contributed by atoms with Crippen molar-refractivity contribution in [1.82, 2.24) is 15.5 Å². The highest BCUT2D eigenvalue weighted by atomic mass is 32.1. The fraction of sp³-hybridized carbons (Fsp3) is 0.450. The Balaban J connectivity index is 1.63. The van der Waals surface area contributed by atoms with Crippen molar-refractivity contribution in [2.75, 3.05) is 26.2 Å². The van der Waals surface area contributed by atoms with Crippen molar-refractivity contribution in [1.29, 1.82) is 0 Å². The van der Waals surface area contributed by atoms with Crippen LogP contribution >= 0.6 is 11.3 Å². The summed E-state index contributed by atoms with van der Waals surface area (Å²) in [4.78, 5) is 8.78. The van der Waals surface area contributed by atoms with E-state index in [2.05, 4.69) is 64.2 Å². The van der Waals surface area contributed by atoms with Gasteiger partial charge in [0.1, 0.15) is 0 Å². The van der Waals surface area contributed by atoms with Gasteiger partial charge in [0, 0.05) is 18.0 Å². The molecule has 3 rings (SSSR count). The zero-order valence-electron chi connectivity index (χ0n) is 14.9. The second-order valence-electron chi connectivity index (χ2n) is 6.34. The molecular formula is C20H28N4S. The minimum Gasteiger partial charge on any atom is -0.357 e. The van der Waals surface area contributed by atoms with Crippen molar-refractivity contribution in [3.05, 3.63) is 58.3 Å². The summed E-state index contributed by atoms with van der Waals surface area (Å²) in [6.07, 6.45) is 2.62. The summed E-state index contributed by atoms with van der Waals surface area (Å²) in [5.41, 5.74) is 1.23. The van der Waals surface area contributed by atoms with Gasteiger partial charge in [0.25, 0.3) is 0 Å². The zero-order chi connectivity index (χ0) is 17.3. The Kier molecular flexibility index (Phi) is 6.89. The molecule has 5 heteroatoms. The van der Waals surface area contributed by atoms with Gasteiger partial charge >= 0.3 is 0 Å². The number of hydrogen-bond acceptors (Lipinski definition) is 3. The van der Waals surface area contributed by atoms with Crippen molar-refractivity contribution >= 4 is 17.3 Å². The van der Waals surface area contributed by atoms with Crippen molar-refractivity contribution in [2.24, 2.45) is 4.99 Å². The first-order chi connectivity index (χ1) is 12.4. The van der Waals surface area contributed by atoms with Crippen LogP contribution < -0.4 is 10.6 Å². The van der Waals surface area contributed by atoms with Crippen LogP contribution in [0.1, 0.15) is 36.2 Å². The molecule has 1 aliphatic heterocycles. The fourth-order valence-electron chi connectivity index (χ4n) is 3.23. The number of guanidine groups is 1. The van der Waals surface area contributed by atoms with Crippen molar-refractivity contribution < 1.29 is 0 Å². The Morgan fingerprint density at radius 2 is 1.92 bits per heavy atom. The molecule has 0 radical (unpaired) electrons. The van der Waals surface area contributed by atoms with Gasteiger partial charge in [0.15, 0.2) is 5.96 Å². The van der Waals surface area contributed by atoms with Gasteiger partial charge in [-0.2, -0.15) is 0 Å². The first-order valence-corrected chi connectivity index (χ1v) is 10.1. The summed E-state index contributed by atoms with van der Waals surface area (Å²) in [6, 6.07) is 15.2. The predicted molar refractivity (Wildman–Crippen MR) is 107 cm³/mol. The lowest BCUT2D eigenvalue weighted by Crippen LogP contribution is -2.42. The average molecular weight is 357 g/mol. The van der Waals surface area contributed by atoms with E-state index in [0.29, 0.717) is 12.6 Å². The smallest absolute Gasteiger partial charge is 0.191 e. The van der Waals surface area contributed by atoms with Gasteiger partial charge in [-0.3, -0.25) is 4.90 Å². The number of hydrogen-bond donors (Lipinski definition) is 2. The highest BCUT2D eigenvalue weighted by molar-refractivity contribution is 7.10. The second kappa shape index (κ2) is 9.59. The molecule has 1 aliphatic rings. The summed E-state index contributed by atoms with van der Waals surface area (Å²) in [5, 5.41) is 9.10. The molecule has 4 nitrogen and oxygen atoms in total. The molecule has 1 fully saturated rings. The highest BCUT2D eigenvalue weighted by Gasteiger charge is 2.24. The number of likely N-dealkylation sites (tertiary alicyclic amines) is 1. The zero-order valence-corrected chi connectivity index (χ0v) is 15.8. The van der Waals surface area contributed by atoms with E-state index in [1.54, 1.807) is 0 Å². The monoisotopic (exact) mass is 356 g/mol. The van der Waals surface area contributed by atoms with Crippen LogP contribution in [-0.4, -0.2) is 37.0 Å². The molecule has 1 aromatic heterocycles. The van der Waals surface area contributed by atoms with Gasteiger partial charge in [-0.15, -0.1) is 11.3 Å². The molecule has 0 saturated carbocycles. The summed E-state index contributed by atoms with van der Waals surface area (Å²) in [7, 11) is 0. The van der Waals surface area contributed by atoms with Crippen LogP contribution in [0.3, 0.4) is 0 Å². The van der Waals surface area contributed by atoms with Crippen LogP contribution in [0, 0.1) is 0 Å². The molecule has 1 unspecified atom stereocenters. The Morgan fingerprint density at radius 1 is 1.12 bits per heavy atom. The average Bonchev–Trinajstić information content (AvgIpc) is 3.35. The van der Waals surface area contributed by atoms with Gasteiger partial charge in [0.05, 0.1) is 12.6 Å². The summed E-state index contributed by atoms with van der Waals surface area (Å²) in [5.74, 6) is 0.895. The van der Waals surface area contributed by atoms with Crippen LogP contribution in [0.15, 0.2) is 52.8 Å². The van der Waals surface area contributed by atoms with Gasteiger partial charge in [0.2, 0.25) is 0 Å². The quantitative estimate of drug-likeness (QED) is 0.588. The van der Waals surface area contributed by atoms with Crippen molar-refractivity contribution in [2.45, 2.75) is 32.4 Å². The lowest BCUT2D eigenvalue weighted by molar-refractivity contribution is 0.249. The highest BCUT2D eigenvalue weighted by Crippen LogP contribution is 2.27. The van der Waals surface area contributed by atoms with Crippen LogP contribution in [0.4, 0.5) is 0 Å². The van der Waals surface area contributed by atoms with E-state index in [0.717, 1.165) is 19.0 Å². The number of nitrogens with zero attached hydrogens (tertiary/aromatic N) is 2. The van der Waals surface area contributed by atoms with Crippen LogP contribution in [0.25, 0.3) is 0 Å². The maximum absolute atomic E-state index is 4.74. The largest absolute Gasteiger partial charge is 0.357 e. The maximum atomic E-state index is 4.74. The molecule has 2 aromatic rings. The number of benzene rings is 1. The Hall–Kier alpha value is -1.85. The van der Waals surface area contributed by atoms with E-state index in [9.17, 15) is 0 Å². The predicted octanol–water partition coefficient (Wildman–Crippen LogP) is 3.64. The second-order valence-corrected chi connectivity index (χ2v) is 7.32. The number of thiophene rings is 1. The Labute approximate surface area is 155 Å². The molecular weight excluding hydrogens is 328 g/mol. The SMILES string of the molecule is CCNC(=NCc1ccccc1)NCC(c1cccs1)N1CCCC1. The normalized spacial score (nSPS) is 16.8. The molecule has 1 aromatic carbocycles. The molecule has 0 aliphatic carbocycles. The number of nitrogens with one attached hydrogen (secondary N) is 2. The van der Waals surface area contributed by atoms with E-state index in [4.69, 9.17) is 4.99 Å². The van der Waals surface area contributed by atoms with E-state index in [-0.39, 0.29) is 0 Å². The van der Waals surface area contributed by atoms with Gasteiger partial charge in [-0.25, -0.2) is 4.99 Å². The molecule has 0 spiro atoms. The minimum atomic E-state index is 0.433. The fourth-order valence-corrected chi connectivity index (χ4v) is 4.09. The lowest BCUT2D eigenvalue weighted by Gasteiger charge is -2.27. The molecule has 2 N–H and O–H groups in total. The van der Waals surface area contributed by atoms with E-state index < -0.39 is 0 Å². The van der Waals surface area contributed by atoms with E-state index in [1.807, 2.05) is 17.4 Å². The first-order valence-electron chi connectivity index (χ1n) is 9.20. The molecule has 134 valence electrons. The molecule has 1 saturated heterocycles. The molecule has 25 heavy (non-hydrogen) atoms. The summed E-state index contributed by atoms with van der Waals surface area (Å²) in [6.45, 7) is 6.96. The lowest BCUT2D eigenvalue weighted by atomic mass is 10.2. The van der Waals surface area contributed by atoms with E-state index in [1.165, 1.54) is 36.4 Å². The molecule has 1 atom stereocenters. The topological polar surface area (TPSA) is 39.7 Å².